The third-order valence-corrected chi connectivity index (χ3v) is 1.84. The molecule has 84 valence electrons. The minimum atomic E-state index is -0.147. The summed E-state index contributed by atoms with van der Waals surface area (Å²) in [4.78, 5) is 0. The lowest BCUT2D eigenvalue weighted by Gasteiger charge is -1.89. The lowest BCUT2D eigenvalue weighted by atomic mass is 10.2. The fraction of sp³-hybridized carbons (Fsp3) is 0.385. The van der Waals surface area contributed by atoms with Crippen molar-refractivity contribution in [3.8, 4) is 0 Å². The Morgan fingerprint density at radius 3 is 2.47 bits per heavy atom. The number of rotatable bonds is 7. The SMILES string of the molecule is CCCCCC=CC=CC=CC(O)=CO. The molecular formula is C13H20O2. The van der Waals surface area contributed by atoms with Crippen molar-refractivity contribution in [2.75, 3.05) is 0 Å². The van der Waals surface area contributed by atoms with Crippen molar-refractivity contribution in [2.24, 2.45) is 0 Å². The summed E-state index contributed by atoms with van der Waals surface area (Å²) in [6, 6.07) is 0. The monoisotopic (exact) mass is 208 g/mol. The van der Waals surface area contributed by atoms with E-state index < -0.39 is 0 Å². The molecule has 0 radical (unpaired) electrons. The summed E-state index contributed by atoms with van der Waals surface area (Å²) in [6.45, 7) is 2.19. The Morgan fingerprint density at radius 1 is 1.07 bits per heavy atom. The van der Waals surface area contributed by atoms with Crippen molar-refractivity contribution >= 4 is 0 Å². The normalized spacial score (nSPS) is 13.5. The van der Waals surface area contributed by atoms with E-state index in [1.54, 1.807) is 12.2 Å². The molecule has 0 saturated heterocycles. The molecule has 0 aliphatic rings. The highest BCUT2D eigenvalue weighted by atomic mass is 16.3. The second-order valence-electron chi connectivity index (χ2n) is 3.22. The van der Waals surface area contributed by atoms with Gasteiger partial charge in [0.05, 0.1) is 0 Å². The lowest BCUT2D eigenvalue weighted by molar-refractivity contribution is 0.377. The predicted molar refractivity (Wildman–Crippen MR) is 64.9 cm³/mol. The van der Waals surface area contributed by atoms with Crippen molar-refractivity contribution < 1.29 is 10.2 Å². The van der Waals surface area contributed by atoms with Crippen LogP contribution in [-0.2, 0) is 0 Å². The summed E-state index contributed by atoms with van der Waals surface area (Å²) >= 11 is 0. The van der Waals surface area contributed by atoms with E-state index in [9.17, 15) is 0 Å². The van der Waals surface area contributed by atoms with Crippen LogP contribution in [0.2, 0.25) is 0 Å². The molecule has 0 bridgehead atoms. The molecule has 2 nitrogen and oxygen atoms in total. The molecule has 0 saturated carbocycles. The molecule has 0 fully saturated rings. The van der Waals surface area contributed by atoms with Gasteiger partial charge in [-0.25, -0.2) is 0 Å². The largest absolute Gasteiger partial charge is 0.512 e. The van der Waals surface area contributed by atoms with Gasteiger partial charge >= 0.3 is 0 Å². The second kappa shape index (κ2) is 10.6. The standard InChI is InChI=1S/C13H20O2/c1-2-3-4-5-6-7-8-9-10-11-13(15)12-14/h6-12,14-15H,2-5H2,1H3. The van der Waals surface area contributed by atoms with Crippen LogP contribution in [0.5, 0.6) is 0 Å². The Hall–Kier alpha value is -1.44. The quantitative estimate of drug-likeness (QED) is 0.374. The van der Waals surface area contributed by atoms with E-state index in [4.69, 9.17) is 10.2 Å². The number of hydrogen-bond donors (Lipinski definition) is 2. The molecule has 0 heterocycles. The molecule has 15 heavy (non-hydrogen) atoms. The zero-order valence-corrected chi connectivity index (χ0v) is 9.26. The molecule has 2 N–H and O–H groups in total. The number of aliphatic hydroxyl groups is 2. The van der Waals surface area contributed by atoms with Crippen LogP contribution in [0.1, 0.15) is 32.6 Å². The van der Waals surface area contributed by atoms with Gasteiger partial charge in [-0.3, -0.25) is 0 Å². The topological polar surface area (TPSA) is 40.5 Å². The highest BCUT2D eigenvalue weighted by Crippen LogP contribution is 1.99. The summed E-state index contributed by atoms with van der Waals surface area (Å²) in [5, 5.41) is 17.2. The molecule has 0 unspecified atom stereocenters. The van der Waals surface area contributed by atoms with Crippen LogP contribution in [0, 0.1) is 0 Å². The Labute approximate surface area is 91.9 Å². The maximum absolute atomic E-state index is 8.83. The van der Waals surface area contributed by atoms with Crippen LogP contribution in [-0.4, -0.2) is 10.2 Å². The Kier molecular flexibility index (Phi) is 9.62. The minimum absolute atomic E-state index is 0.147. The Bertz CT molecular complexity index is 247. The third kappa shape index (κ3) is 10.5. The fourth-order valence-electron chi connectivity index (χ4n) is 1.01. The summed E-state index contributed by atoms with van der Waals surface area (Å²) < 4.78 is 0. The molecule has 0 aliphatic heterocycles. The molecule has 0 aliphatic carbocycles. The van der Waals surface area contributed by atoms with Crippen molar-refractivity contribution in [2.45, 2.75) is 32.6 Å². The van der Waals surface area contributed by atoms with E-state index in [0.717, 1.165) is 6.42 Å². The molecule has 0 amide bonds. The molecule has 0 aromatic heterocycles. The number of hydrogen-bond acceptors (Lipinski definition) is 2. The second-order valence-corrected chi connectivity index (χ2v) is 3.22. The van der Waals surface area contributed by atoms with Gasteiger partial charge in [-0.15, -0.1) is 0 Å². The number of aliphatic hydroxyl groups excluding tert-OH is 2. The van der Waals surface area contributed by atoms with Crippen LogP contribution < -0.4 is 0 Å². The van der Waals surface area contributed by atoms with Crippen molar-refractivity contribution in [1.29, 1.82) is 0 Å². The zero-order chi connectivity index (χ0) is 11.4. The average Bonchev–Trinajstić information content (AvgIpc) is 2.26. The summed E-state index contributed by atoms with van der Waals surface area (Å²) in [5.41, 5.74) is 0. The van der Waals surface area contributed by atoms with E-state index in [1.807, 2.05) is 12.2 Å². The predicted octanol–water partition coefficient (Wildman–Crippen LogP) is 4.19. The lowest BCUT2D eigenvalue weighted by Crippen LogP contribution is -1.70. The van der Waals surface area contributed by atoms with Crippen LogP contribution in [0.15, 0.2) is 48.5 Å². The van der Waals surface area contributed by atoms with Gasteiger partial charge in [0.1, 0.15) is 12.0 Å². The number of unbranched alkanes of at least 4 members (excludes halogenated alkanes) is 3. The van der Waals surface area contributed by atoms with Gasteiger partial charge < -0.3 is 10.2 Å². The zero-order valence-electron chi connectivity index (χ0n) is 9.26. The maximum Gasteiger partial charge on any atom is 0.149 e. The first-order valence-corrected chi connectivity index (χ1v) is 5.34. The van der Waals surface area contributed by atoms with Crippen molar-refractivity contribution in [3.05, 3.63) is 48.5 Å². The van der Waals surface area contributed by atoms with Crippen molar-refractivity contribution in [3.63, 3.8) is 0 Å². The van der Waals surface area contributed by atoms with E-state index in [0.29, 0.717) is 6.26 Å². The summed E-state index contributed by atoms with van der Waals surface area (Å²) in [5.74, 6) is -0.147. The number of allylic oxidation sites excluding steroid dienone is 6. The van der Waals surface area contributed by atoms with Crippen LogP contribution in [0.4, 0.5) is 0 Å². The summed E-state index contributed by atoms with van der Waals surface area (Å²) in [7, 11) is 0. The van der Waals surface area contributed by atoms with Crippen LogP contribution in [0.25, 0.3) is 0 Å². The van der Waals surface area contributed by atoms with Gasteiger partial charge in [-0.05, 0) is 18.9 Å². The van der Waals surface area contributed by atoms with Crippen molar-refractivity contribution in [1.82, 2.24) is 0 Å². The highest BCUT2D eigenvalue weighted by Gasteiger charge is 1.80. The first-order chi connectivity index (χ1) is 7.31. The highest BCUT2D eigenvalue weighted by molar-refractivity contribution is 5.17. The van der Waals surface area contributed by atoms with E-state index >= 15 is 0 Å². The molecule has 0 spiro atoms. The molecule has 0 aromatic carbocycles. The van der Waals surface area contributed by atoms with Gasteiger partial charge in [-0.1, -0.05) is 50.1 Å². The smallest absolute Gasteiger partial charge is 0.149 e. The van der Waals surface area contributed by atoms with Gasteiger partial charge in [0.2, 0.25) is 0 Å². The Morgan fingerprint density at radius 2 is 1.80 bits per heavy atom. The van der Waals surface area contributed by atoms with E-state index in [-0.39, 0.29) is 5.76 Å². The molecular weight excluding hydrogens is 188 g/mol. The molecule has 0 rings (SSSR count). The average molecular weight is 208 g/mol. The van der Waals surface area contributed by atoms with Gasteiger partial charge in [0.15, 0.2) is 0 Å². The fourth-order valence-corrected chi connectivity index (χ4v) is 1.01. The summed E-state index contributed by atoms with van der Waals surface area (Å²) in [6.07, 6.45) is 16.4. The maximum atomic E-state index is 8.83. The molecule has 0 aromatic rings. The Balaban J connectivity index is 3.57. The minimum Gasteiger partial charge on any atom is -0.512 e. The first kappa shape index (κ1) is 13.6. The van der Waals surface area contributed by atoms with Gasteiger partial charge in [-0.2, -0.15) is 0 Å². The van der Waals surface area contributed by atoms with Gasteiger partial charge in [0, 0.05) is 0 Å². The third-order valence-electron chi connectivity index (χ3n) is 1.84. The molecule has 2 heteroatoms. The van der Waals surface area contributed by atoms with Gasteiger partial charge in [0.25, 0.3) is 0 Å². The van der Waals surface area contributed by atoms with E-state index in [1.165, 1.54) is 25.3 Å². The van der Waals surface area contributed by atoms with Crippen LogP contribution >= 0.6 is 0 Å². The van der Waals surface area contributed by atoms with E-state index in [2.05, 4.69) is 13.0 Å². The molecule has 0 atom stereocenters. The van der Waals surface area contributed by atoms with Crippen LogP contribution in [0.3, 0.4) is 0 Å². The first-order valence-electron chi connectivity index (χ1n) is 5.34.